The Morgan fingerprint density at radius 1 is 1.06 bits per heavy atom. The summed E-state index contributed by atoms with van der Waals surface area (Å²) in [6.07, 6.45) is 5.00. The van der Waals surface area contributed by atoms with Crippen LogP contribution in [0.4, 0.5) is 0 Å². The summed E-state index contributed by atoms with van der Waals surface area (Å²) in [4.78, 5) is 16.5. The van der Waals surface area contributed by atoms with E-state index in [-0.39, 0.29) is 0 Å². The molecule has 0 bridgehead atoms. The van der Waals surface area contributed by atoms with Gasteiger partial charge in [-0.15, -0.1) is 0 Å². The van der Waals surface area contributed by atoms with Crippen LogP contribution in [0.1, 0.15) is 46.5 Å². The van der Waals surface area contributed by atoms with Crippen LogP contribution in [0.25, 0.3) is 0 Å². The first-order valence-corrected chi connectivity index (χ1v) is 6.74. The van der Waals surface area contributed by atoms with Crippen molar-refractivity contribution >= 4 is 5.91 Å². The highest BCUT2D eigenvalue weighted by molar-refractivity contribution is 5.78. The van der Waals surface area contributed by atoms with E-state index in [1.807, 2.05) is 0 Å². The lowest BCUT2D eigenvalue weighted by Crippen LogP contribution is -2.44. The third kappa shape index (κ3) is 3.48. The van der Waals surface area contributed by atoms with Crippen LogP contribution in [0.15, 0.2) is 0 Å². The summed E-state index contributed by atoms with van der Waals surface area (Å²) in [7, 11) is 0. The summed E-state index contributed by atoms with van der Waals surface area (Å²) >= 11 is 0. The Morgan fingerprint density at radius 3 is 2.06 bits per heavy atom. The molecule has 0 radical (unpaired) electrons. The number of rotatable bonds is 6. The number of likely N-dealkylation sites (N-methyl/N-ethyl adjacent to an activating group) is 2. The minimum atomic E-state index is 0.318. The average Bonchev–Trinajstić information content (AvgIpc) is 2.80. The van der Waals surface area contributed by atoms with E-state index in [4.69, 9.17) is 0 Å². The van der Waals surface area contributed by atoms with E-state index in [1.165, 1.54) is 25.7 Å². The predicted octanol–water partition coefficient (Wildman–Crippen LogP) is 2.12. The number of nitrogens with zero attached hydrogens (tertiary/aromatic N) is 2. The van der Waals surface area contributed by atoms with Crippen molar-refractivity contribution in [2.24, 2.45) is 0 Å². The van der Waals surface area contributed by atoms with Gasteiger partial charge in [0.1, 0.15) is 0 Å². The molecule has 0 N–H and O–H groups in total. The normalized spacial score (nSPS) is 17.0. The molecule has 1 aliphatic rings. The topological polar surface area (TPSA) is 23.6 Å². The van der Waals surface area contributed by atoms with Crippen LogP contribution < -0.4 is 0 Å². The molecular weight excluding hydrogens is 200 g/mol. The Kier molecular flexibility index (Phi) is 5.81. The monoisotopic (exact) mass is 226 g/mol. The highest BCUT2D eigenvalue weighted by Crippen LogP contribution is 2.23. The maximum Gasteiger partial charge on any atom is 0.236 e. The number of carbonyl (C=O) groups is 1. The molecule has 0 aromatic rings. The van der Waals surface area contributed by atoms with Gasteiger partial charge in [0.2, 0.25) is 5.91 Å². The van der Waals surface area contributed by atoms with Gasteiger partial charge in [-0.25, -0.2) is 0 Å². The highest BCUT2D eigenvalue weighted by Gasteiger charge is 2.25. The van der Waals surface area contributed by atoms with Gasteiger partial charge < -0.3 is 4.90 Å². The van der Waals surface area contributed by atoms with E-state index in [1.54, 1.807) is 0 Å². The number of hydrogen-bond acceptors (Lipinski definition) is 2. The van der Waals surface area contributed by atoms with Gasteiger partial charge in [0.05, 0.1) is 6.54 Å². The van der Waals surface area contributed by atoms with Crippen LogP contribution in [0, 0.1) is 0 Å². The van der Waals surface area contributed by atoms with Crippen molar-refractivity contribution in [2.75, 3.05) is 26.2 Å². The van der Waals surface area contributed by atoms with Crippen LogP contribution in [-0.4, -0.2) is 47.9 Å². The van der Waals surface area contributed by atoms with Gasteiger partial charge in [-0.05, 0) is 32.9 Å². The van der Waals surface area contributed by atoms with E-state index in [2.05, 4.69) is 30.6 Å². The largest absolute Gasteiger partial charge is 0.339 e. The van der Waals surface area contributed by atoms with Crippen molar-refractivity contribution in [3.05, 3.63) is 0 Å². The van der Waals surface area contributed by atoms with Crippen LogP contribution in [-0.2, 0) is 4.79 Å². The minimum absolute atomic E-state index is 0.318. The Bertz CT molecular complexity index is 208. The third-order valence-electron chi connectivity index (χ3n) is 3.68. The quantitative estimate of drug-likeness (QED) is 0.692. The van der Waals surface area contributed by atoms with Crippen molar-refractivity contribution in [1.82, 2.24) is 9.80 Å². The molecule has 94 valence electrons. The number of hydrogen-bond donors (Lipinski definition) is 0. The van der Waals surface area contributed by atoms with Crippen LogP contribution in [0.2, 0.25) is 0 Å². The fraction of sp³-hybridized carbons (Fsp3) is 0.923. The summed E-state index contributed by atoms with van der Waals surface area (Å²) in [5.74, 6) is 0.318. The zero-order valence-corrected chi connectivity index (χ0v) is 11.0. The maximum absolute atomic E-state index is 12.2. The standard InChI is InChI=1S/C13H26N2O/c1-4-14(5-2)11-13(16)15(6-3)12-9-7-8-10-12/h12H,4-11H2,1-3H3. The average molecular weight is 226 g/mol. The molecule has 3 heteroatoms. The molecule has 0 aliphatic heterocycles. The van der Waals surface area contributed by atoms with E-state index < -0.39 is 0 Å². The van der Waals surface area contributed by atoms with Crippen molar-refractivity contribution in [2.45, 2.75) is 52.5 Å². The molecule has 0 spiro atoms. The Hall–Kier alpha value is -0.570. The molecule has 0 aromatic carbocycles. The van der Waals surface area contributed by atoms with Crippen molar-refractivity contribution in [1.29, 1.82) is 0 Å². The zero-order valence-electron chi connectivity index (χ0n) is 11.0. The molecule has 1 aliphatic carbocycles. The highest BCUT2D eigenvalue weighted by atomic mass is 16.2. The molecule has 16 heavy (non-hydrogen) atoms. The van der Waals surface area contributed by atoms with Gasteiger partial charge in [-0.3, -0.25) is 9.69 Å². The third-order valence-corrected chi connectivity index (χ3v) is 3.68. The second-order valence-corrected chi connectivity index (χ2v) is 4.58. The number of carbonyl (C=O) groups excluding carboxylic acids is 1. The summed E-state index contributed by atoms with van der Waals surface area (Å²) < 4.78 is 0. The molecule has 3 nitrogen and oxygen atoms in total. The lowest BCUT2D eigenvalue weighted by atomic mass is 10.2. The van der Waals surface area contributed by atoms with E-state index in [0.29, 0.717) is 18.5 Å². The molecular formula is C13H26N2O. The molecule has 0 aromatic heterocycles. The summed E-state index contributed by atoms with van der Waals surface area (Å²) in [5, 5.41) is 0. The first-order chi connectivity index (χ1) is 7.72. The Morgan fingerprint density at radius 2 is 1.62 bits per heavy atom. The van der Waals surface area contributed by atoms with E-state index in [0.717, 1.165) is 19.6 Å². The van der Waals surface area contributed by atoms with Gasteiger partial charge in [0.15, 0.2) is 0 Å². The van der Waals surface area contributed by atoms with Crippen molar-refractivity contribution in [3.63, 3.8) is 0 Å². The minimum Gasteiger partial charge on any atom is -0.339 e. The molecule has 0 saturated heterocycles. The van der Waals surface area contributed by atoms with Gasteiger partial charge >= 0.3 is 0 Å². The van der Waals surface area contributed by atoms with Crippen LogP contribution in [0.5, 0.6) is 0 Å². The fourth-order valence-electron chi connectivity index (χ4n) is 2.58. The van der Waals surface area contributed by atoms with Gasteiger partial charge in [-0.2, -0.15) is 0 Å². The summed E-state index contributed by atoms with van der Waals surface area (Å²) in [6, 6.07) is 0.521. The Balaban J connectivity index is 2.48. The predicted molar refractivity (Wildman–Crippen MR) is 67.4 cm³/mol. The van der Waals surface area contributed by atoms with E-state index >= 15 is 0 Å². The van der Waals surface area contributed by atoms with Crippen molar-refractivity contribution in [3.8, 4) is 0 Å². The molecule has 0 atom stereocenters. The molecule has 0 unspecified atom stereocenters. The lowest BCUT2D eigenvalue weighted by Gasteiger charge is -2.30. The number of amides is 1. The molecule has 1 saturated carbocycles. The first-order valence-electron chi connectivity index (χ1n) is 6.74. The second kappa shape index (κ2) is 6.89. The summed E-state index contributed by atoms with van der Waals surface area (Å²) in [5.41, 5.74) is 0. The molecule has 1 rings (SSSR count). The maximum atomic E-state index is 12.2. The van der Waals surface area contributed by atoms with E-state index in [9.17, 15) is 4.79 Å². The smallest absolute Gasteiger partial charge is 0.236 e. The lowest BCUT2D eigenvalue weighted by molar-refractivity contribution is -0.134. The fourth-order valence-corrected chi connectivity index (χ4v) is 2.58. The second-order valence-electron chi connectivity index (χ2n) is 4.58. The van der Waals surface area contributed by atoms with Crippen LogP contribution in [0.3, 0.4) is 0 Å². The van der Waals surface area contributed by atoms with Crippen LogP contribution >= 0.6 is 0 Å². The molecule has 0 heterocycles. The van der Waals surface area contributed by atoms with Gasteiger partial charge in [0.25, 0.3) is 0 Å². The zero-order chi connectivity index (χ0) is 12.0. The first kappa shape index (κ1) is 13.5. The Labute approximate surface area is 99.8 Å². The van der Waals surface area contributed by atoms with Crippen molar-refractivity contribution < 1.29 is 4.79 Å². The molecule has 1 fully saturated rings. The van der Waals surface area contributed by atoms with Gasteiger partial charge in [0, 0.05) is 12.6 Å². The van der Waals surface area contributed by atoms with Gasteiger partial charge in [-0.1, -0.05) is 26.7 Å². The SMILES string of the molecule is CCN(CC)CC(=O)N(CC)C1CCCC1. The summed E-state index contributed by atoms with van der Waals surface area (Å²) in [6.45, 7) is 9.71. The molecule has 1 amide bonds.